The molecule has 1 heterocycles. The van der Waals surface area contributed by atoms with Gasteiger partial charge in [-0.05, 0) is 35.2 Å². The van der Waals surface area contributed by atoms with Crippen molar-refractivity contribution in [3.05, 3.63) is 27.4 Å². The maximum Gasteiger partial charge on any atom is 0.573 e. The highest BCUT2D eigenvalue weighted by atomic mass is 35.5. The Morgan fingerprint density at radius 1 is 1.31 bits per heavy atom. The Balaban J connectivity index is 2.51. The molecule has 0 aliphatic rings. The van der Waals surface area contributed by atoms with Crippen LogP contribution in [0.4, 0.5) is 13.2 Å². The van der Waals surface area contributed by atoms with Gasteiger partial charge in [-0.1, -0.05) is 11.6 Å². The van der Waals surface area contributed by atoms with Gasteiger partial charge in [0.25, 0.3) is 0 Å². The molecule has 0 saturated carbocycles. The van der Waals surface area contributed by atoms with E-state index in [-0.39, 0.29) is 10.8 Å². The van der Waals surface area contributed by atoms with E-state index in [9.17, 15) is 13.2 Å². The molecule has 0 bridgehead atoms. The van der Waals surface area contributed by atoms with Crippen molar-refractivity contribution in [3.8, 4) is 5.75 Å². The van der Waals surface area contributed by atoms with Gasteiger partial charge in [0.05, 0.1) is 5.02 Å². The van der Waals surface area contributed by atoms with Gasteiger partial charge in [-0.2, -0.15) is 0 Å². The Labute approximate surface area is 98.4 Å². The van der Waals surface area contributed by atoms with Crippen molar-refractivity contribution in [3.63, 3.8) is 0 Å². The summed E-state index contributed by atoms with van der Waals surface area (Å²) in [6.07, 6.45) is -4.72. The van der Waals surface area contributed by atoms with E-state index in [1.165, 1.54) is 23.5 Å². The monoisotopic (exact) mass is 266 g/mol. The molecule has 1 aromatic carbocycles. The van der Waals surface area contributed by atoms with Crippen LogP contribution in [0.2, 0.25) is 5.02 Å². The molecular formula is C10H6ClF3OS. The average molecular weight is 267 g/mol. The lowest BCUT2D eigenvalue weighted by atomic mass is 10.2. The second kappa shape index (κ2) is 3.82. The molecule has 86 valence electrons. The number of halogens is 4. The maximum atomic E-state index is 12.0. The van der Waals surface area contributed by atoms with E-state index in [1.807, 2.05) is 6.92 Å². The zero-order chi connectivity index (χ0) is 11.9. The van der Waals surface area contributed by atoms with Gasteiger partial charge in [-0.15, -0.1) is 24.5 Å². The summed E-state index contributed by atoms with van der Waals surface area (Å²) in [5.74, 6) is -0.362. The van der Waals surface area contributed by atoms with E-state index in [1.54, 1.807) is 5.38 Å². The van der Waals surface area contributed by atoms with Crippen LogP contribution in [-0.2, 0) is 0 Å². The highest BCUT2D eigenvalue weighted by Gasteiger charge is 2.32. The summed E-state index contributed by atoms with van der Waals surface area (Å²) >= 11 is 7.18. The standard InChI is InChI=1S/C10H6ClF3OS/c1-5-7-3-8(11)9(15-10(12,13)14)2-6(7)4-16-5/h2-4H,1H3. The number of fused-ring (bicyclic) bond motifs is 1. The third-order valence-corrected chi connectivity index (χ3v) is 3.31. The molecule has 0 radical (unpaired) electrons. The lowest BCUT2D eigenvalue weighted by Crippen LogP contribution is -2.17. The number of benzene rings is 1. The zero-order valence-corrected chi connectivity index (χ0v) is 9.63. The lowest BCUT2D eigenvalue weighted by Gasteiger charge is -2.10. The zero-order valence-electron chi connectivity index (χ0n) is 8.06. The van der Waals surface area contributed by atoms with Crippen LogP contribution in [0.15, 0.2) is 17.5 Å². The molecule has 0 aliphatic carbocycles. The lowest BCUT2D eigenvalue weighted by molar-refractivity contribution is -0.274. The molecule has 1 nitrogen and oxygen atoms in total. The summed E-state index contributed by atoms with van der Waals surface area (Å²) < 4.78 is 40.0. The third-order valence-electron chi connectivity index (χ3n) is 2.07. The van der Waals surface area contributed by atoms with Crippen LogP contribution in [0.25, 0.3) is 10.8 Å². The minimum absolute atomic E-state index is 0.0358. The number of aryl methyl sites for hydroxylation is 1. The first kappa shape index (κ1) is 11.5. The van der Waals surface area contributed by atoms with Crippen LogP contribution < -0.4 is 4.74 Å². The molecule has 0 unspecified atom stereocenters. The summed E-state index contributed by atoms with van der Waals surface area (Å²) in [6.45, 7) is 1.88. The van der Waals surface area contributed by atoms with Crippen LogP contribution in [0, 0.1) is 6.92 Å². The molecule has 6 heteroatoms. The van der Waals surface area contributed by atoms with Gasteiger partial charge >= 0.3 is 6.36 Å². The molecule has 1 aromatic heterocycles. The number of thiophene rings is 1. The number of alkyl halides is 3. The van der Waals surface area contributed by atoms with Crippen LogP contribution in [0.1, 0.15) is 4.88 Å². The fourth-order valence-corrected chi connectivity index (χ4v) is 2.39. The summed E-state index contributed by atoms with van der Waals surface area (Å²) in [6, 6.07) is 2.79. The molecule has 0 fully saturated rings. The molecule has 0 atom stereocenters. The fourth-order valence-electron chi connectivity index (χ4n) is 1.39. The van der Waals surface area contributed by atoms with Crippen molar-refractivity contribution in [1.29, 1.82) is 0 Å². The smallest absolute Gasteiger partial charge is 0.404 e. The predicted octanol–water partition coefficient (Wildman–Crippen LogP) is 4.76. The van der Waals surface area contributed by atoms with Crippen molar-refractivity contribution in [2.75, 3.05) is 0 Å². The van der Waals surface area contributed by atoms with E-state index in [2.05, 4.69) is 4.74 Å². The van der Waals surface area contributed by atoms with Gasteiger partial charge in [0, 0.05) is 4.88 Å². The van der Waals surface area contributed by atoms with Crippen LogP contribution in [0.3, 0.4) is 0 Å². The quantitative estimate of drug-likeness (QED) is 0.723. The summed E-state index contributed by atoms with van der Waals surface area (Å²) in [5, 5.41) is 3.28. The first-order valence-electron chi connectivity index (χ1n) is 4.30. The second-order valence-corrected chi connectivity index (χ2v) is 4.70. The van der Waals surface area contributed by atoms with Gasteiger partial charge in [0.1, 0.15) is 5.75 Å². The molecular weight excluding hydrogens is 261 g/mol. The Morgan fingerprint density at radius 3 is 2.62 bits per heavy atom. The molecule has 0 saturated heterocycles. The van der Waals surface area contributed by atoms with E-state index >= 15 is 0 Å². The summed E-state index contributed by atoms with van der Waals surface area (Å²) in [7, 11) is 0. The van der Waals surface area contributed by atoms with Gasteiger partial charge in [-0.3, -0.25) is 0 Å². The number of hydrogen-bond donors (Lipinski definition) is 0. The maximum absolute atomic E-state index is 12.0. The highest BCUT2D eigenvalue weighted by Crippen LogP contribution is 2.36. The average Bonchev–Trinajstić information content (AvgIpc) is 2.47. The van der Waals surface area contributed by atoms with Crippen molar-refractivity contribution < 1.29 is 17.9 Å². The molecule has 0 amide bonds. The van der Waals surface area contributed by atoms with Crippen molar-refractivity contribution in [2.24, 2.45) is 0 Å². The minimum Gasteiger partial charge on any atom is -0.404 e. The number of ether oxygens (including phenoxy) is 1. The van der Waals surface area contributed by atoms with Gasteiger partial charge < -0.3 is 4.74 Å². The minimum atomic E-state index is -4.72. The Hall–Kier alpha value is -0.940. The van der Waals surface area contributed by atoms with Crippen LogP contribution >= 0.6 is 22.9 Å². The van der Waals surface area contributed by atoms with E-state index in [0.29, 0.717) is 5.39 Å². The van der Waals surface area contributed by atoms with Crippen molar-refractivity contribution in [1.82, 2.24) is 0 Å². The normalized spacial score (nSPS) is 12.1. The largest absolute Gasteiger partial charge is 0.573 e. The van der Waals surface area contributed by atoms with E-state index in [0.717, 1.165) is 10.3 Å². The molecule has 0 spiro atoms. The molecule has 2 rings (SSSR count). The summed E-state index contributed by atoms with van der Waals surface area (Å²) in [4.78, 5) is 1.01. The van der Waals surface area contributed by atoms with Crippen molar-refractivity contribution >= 4 is 33.7 Å². The highest BCUT2D eigenvalue weighted by molar-refractivity contribution is 7.11. The first-order valence-corrected chi connectivity index (χ1v) is 5.55. The topological polar surface area (TPSA) is 9.23 Å². The Bertz CT molecular complexity index is 533. The van der Waals surface area contributed by atoms with Crippen molar-refractivity contribution in [2.45, 2.75) is 13.3 Å². The molecule has 0 aliphatic heterocycles. The first-order chi connectivity index (χ1) is 7.37. The summed E-state index contributed by atoms with van der Waals surface area (Å²) in [5.41, 5.74) is 0. The fraction of sp³-hybridized carbons (Fsp3) is 0.200. The Morgan fingerprint density at radius 2 is 2.00 bits per heavy atom. The molecule has 0 N–H and O–H groups in total. The molecule has 2 aromatic rings. The van der Waals surface area contributed by atoms with Crippen LogP contribution in [0.5, 0.6) is 5.75 Å². The van der Waals surface area contributed by atoms with Gasteiger partial charge in [0.2, 0.25) is 0 Å². The molecule has 16 heavy (non-hydrogen) atoms. The third kappa shape index (κ3) is 2.25. The van der Waals surface area contributed by atoms with E-state index in [4.69, 9.17) is 11.6 Å². The number of hydrogen-bond acceptors (Lipinski definition) is 2. The number of rotatable bonds is 1. The Kier molecular flexibility index (Phi) is 2.75. The van der Waals surface area contributed by atoms with Crippen LogP contribution in [-0.4, -0.2) is 6.36 Å². The van der Waals surface area contributed by atoms with E-state index < -0.39 is 6.36 Å². The van der Waals surface area contributed by atoms with Gasteiger partial charge in [-0.25, -0.2) is 0 Å². The second-order valence-electron chi connectivity index (χ2n) is 3.21. The van der Waals surface area contributed by atoms with Gasteiger partial charge in [0.15, 0.2) is 0 Å². The predicted molar refractivity (Wildman–Crippen MR) is 58.3 cm³/mol. The SMILES string of the molecule is Cc1scc2cc(OC(F)(F)F)c(Cl)cc12.